The Morgan fingerprint density at radius 2 is 2.25 bits per heavy atom. The largest absolute Gasteiger partial charge is 0.508 e. The average Bonchev–Trinajstić information content (AvgIpc) is 2.24. The van der Waals surface area contributed by atoms with Crippen LogP contribution in [0.1, 0.15) is 18.1 Å². The summed E-state index contributed by atoms with van der Waals surface area (Å²) < 4.78 is 4.82. The number of benzene rings is 1. The first-order valence-corrected chi connectivity index (χ1v) is 5.25. The molecular weight excluding hydrogens is 206 g/mol. The van der Waals surface area contributed by atoms with Gasteiger partial charge in [0.1, 0.15) is 11.8 Å². The van der Waals surface area contributed by atoms with Crippen molar-refractivity contribution in [2.24, 2.45) is 5.73 Å². The molecule has 0 bridgehead atoms. The fraction of sp³-hybridized carbons (Fsp3) is 0.417. The summed E-state index contributed by atoms with van der Waals surface area (Å²) in [6.45, 7) is 3.88. The van der Waals surface area contributed by atoms with Gasteiger partial charge in [-0.2, -0.15) is 0 Å². The molecule has 88 valence electrons. The van der Waals surface area contributed by atoms with E-state index in [0.29, 0.717) is 13.0 Å². The number of nitrogens with two attached hydrogens (primary N) is 1. The lowest BCUT2D eigenvalue weighted by Gasteiger charge is -2.11. The van der Waals surface area contributed by atoms with Gasteiger partial charge in [0.05, 0.1) is 6.61 Å². The van der Waals surface area contributed by atoms with E-state index in [0.717, 1.165) is 11.1 Å². The molecular formula is C12H17NO3. The van der Waals surface area contributed by atoms with Crippen LogP contribution in [0.3, 0.4) is 0 Å². The summed E-state index contributed by atoms with van der Waals surface area (Å²) in [5.41, 5.74) is 7.37. The third-order valence-corrected chi connectivity index (χ3v) is 2.31. The Labute approximate surface area is 95.0 Å². The van der Waals surface area contributed by atoms with Gasteiger partial charge >= 0.3 is 5.97 Å². The summed E-state index contributed by atoms with van der Waals surface area (Å²) in [4.78, 5) is 11.3. The zero-order valence-corrected chi connectivity index (χ0v) is 9.56. The fourth-order valence-corrected chi connectivity index (χ4v) is 1.43. The maximum atomic E-state index is 11.3. The minimum absolute atomic E-state index is 0.244. The molecule has 1 aromatic rings. The summed E-state index contributed by atoms with van der Waals surface area (Å²) in [6, 6.07) is 4.52. The van der Waals surface area contributed by atoms with Crippen molar-refractivity contribution in [3.05, 3.63) is 29.3 Å². The van der Waals surface area contributed by atoms with Crippen LogP contribution in [0.5, 0.6) is 5.75 Å². The van der Waals surface area contributed by atoms with E-state index in [4.69, 9.17) is 10.5 Å². The molecule has 1 aromatic carbocycles. The topological polar surface area (TPSA) is 72.5 Å². The van der Waals surface area contributed by atoms with Crippen LogP contribution in [-0.2, 0) is 16.0 Å². The van der Waals surface area contributed by atoms with Crippen LogP contribution in [-0.4, -0.2) is 23.7 Å². The van der Waals surface area contributed by atoms with Crippen molar-refractivity contribution in [2.75, 3.05) is 6.61 Å². The van der Waals surface area contributed by atoms with Crippen LogP contribution in [0.4, 0.5) is 0 Å². The summed E-state index contributed by atoms with van der Waals surface area (Å²) in [5, 5.41) is 9.35. The van der Waals surface area contributed by atoms with E-state index in [2.05, 4.69) is 0 Å². The van der Waals surface area contributed by atoms with Gasteiger partial charge in [-0.05, 0) is 37.5 Å². The summed E-state index contributed by atoms with van der Waals surface area (Å²) in [5.74, 6) is -0.151. The predicted molar refractivity (Wildman–Crippen MR) is 61.2 cm³/mol. The second-order valence-electron chi connectivity index (χ2n) is 3.68. The van der Waals surface area contributed by atoms with E-state index >= 15 is 0 Å². The van der Waals surface area contributed by atoms with Gasteiger partial charge in [0.2, 0.25) is 0 Å². The van der Waals surface area contributed by atoms with Crippen molar-refractivity contribution in [3.63, 3.8) is 0 Å². The minimum Gasteiger partial charge on any atom is -0.508 e. The first kappa shape index (κ1) is 12.5. The Morgan fingerprint density at radius 1 is 1.56 bits per heavy atom. The molecule has 0 aromatic heterocycles. The van der Waals surface area contributed by atoms with Gasteiger partial charge < -0.3 is 15.6 Å². The molecule has 16 heavy (non-hydrogen) atoms. The van der Waals surface area contributed by atoms with Crippen LogP contribution < -0.4 is 5.73 Å². The number of aryl methyl sites for hydroxylation is 1. The van der Waals surface area contributed by atoms with Crippen LogP contribution in [0.15, 0.2) is 18.2 Å². The normalized spacial score (nSPS) is 12.2. The van der Waals surface area contributed by atoms with E-state index in [-0.39, 0.29) is 5.75 Å². The molecule has 0 aliphatic carbocycles. The number of hydrogen-bond acceptors (Lipinski definition) is 4. The number of ether oxygens (including phenoxy) is 1. The van der Waals surface area contributed by atoms with Crippen molar-refractivity contribution >= 4 is 5.97 Å². The Hall–Kier alpha value is -1.55. The average molecular weight is 223 g/mol. The zero-order chi connectivity index (χ0) is 12.1. The van der Waals surface area contributed by atoms with Crippen LogP contribution >= 0.6 is 0 Å². The fourth-order valence-electron chi connectivity index (χ4n) is 1.43. The first-order chi connectivity index (χ1) is 7.54. The number of phenols is 1. The highest BCUT2D eigenvalue weighted by atomic mass is 16.5. The van der Waals surface area contributed by atoms with Crippen molar-refractivity contribution in [2.45, 2.75) is 26.3 Å². The van der Waals surface area contributed by atoms with Gasteiger partial charge in [0.15, 0.2) is 0 Å². The van der Waals surface area contributed by atoms with E-state index in [1.807, 2.05) is 6.07 Å². The molecule has 1 rings (SSSR count). The van der Waals surface area contributed by atoms with Gasteiger partial charge in [-0.3, -0.25) is 4.79 Å². The monoisotopic (exact) mass is 223 g/mol. The smallest absolute Gasteiger partial charge is 0.323 e. The number of carbonyl (C=O) groups excluding carboxylic acids is 1. The van der Waals surface area contributed by atoms with Gasteiger partial charge in [-0.1, -0.05) is 12.1 Å². The van der Waals surface area contributed by atoms with E-state index < -0.39 is 12.0 Å². The summed E-state index contributed by atoms with van der Waals surface area (Å²) in [6.07, 6.45) is 0.417. The number of aromatic hydroxyl groups is 1. The molecule has 4 heteroatoms. The number of esters is 1. The molecule has 3 N–H and O–H groups in total. The predicted octanol–water partition coefficient (Wildman–Crippen LogP) is 1.13. The third-order valence-electron chi connectivity index (χ3n) is 2.31. The number of carbonyl (C=O) groups is 1. The van der Waals surface area contributed by atoms with Crippen molar-refractivity contribution < 1.29 is 14.6 Å². The molecule has 0 heterocycles. The number of rotatable bonds is 4. The lowest BCUT2D eigenvalue weighted by molar-refractivity contribution is -0.144. The Morgan fingerprint density at radius 3 is 2.81 bits per heavy atom. The van der Waals surface area contributed by atoms with Crippen molar-refractivity contribution in [1.82, 2.24) is 0 Å². The van der Waals surface area contributed by atoms with Crippen LogP contribution in [0.2, 0.25) is 0 Å². The molecule has 4 nitrogen and oxygen atoms in total. The van der Waals surface area contributed by atoms with Crippen molar-refractivity contribution in [1.29, 1.82) is 0 Å². The van der Waals surface area contributed by atoms with Crippen molar-refractivity contribution in [3.8, 4) is 5.75 Å². The Kier molecular flexibility index (Phi) is 4.31. The molecule has 0 aliphatic heterocycles. The maximum absolute atomic E-state index is 11.3. The van der Waals surface area contributed by atoms with E-state index in [1.165, 1.54) is 0 Å². The van der Waals surface area contributed by atoms with Gasteiger partial charge in [-0.15, -0.1) is 0 Å². The zero-order valence-electron chi connectivity index (χ0n) is 9.56. The molecule has 0 aliphatic rings. The summed E-state index contributed by atoms with van der Waals surface area (Å²) in [7, 11) is 0. The molecule has 0 saturated carbocycles. The molecule has 1 atom stereocenters. The molecule has 0 fully saturated rings. The Balaban J connectivity index is 2.66. The highest BCUT2D eigenvalue weighted by molar-refractivity contribution is 5.75. The minimum atomic E-state index is -0.649. The maximum Gasteiger partial charge on any atom is 0.323 e. The molecule has 0 amide bonds. The van der Waals surface area contributed by atoms with Gasteiger partial charge in [-0.25, -0.2) is 0 Å². The second kappa shape index (κ2) is 5.51. The summed E-state index contributed by atoms with van der Waals surface area (Å²) >= 11 is 0. The molecule has 0 radical (unpaired) electrons. The highest BCUT2D eigenvalue weighted by Gasteiger charge is 2.15. The lowest BCUT2D eigenvalue weighted by Crippen LogP contribution is -2.34. The number of phenolic OH excluding ortho intramolecular Hbond substituents is 1. The third kappa shape index (κ3) is 3.24. The quantitative estimate of drug-likeness (QED) is 0.751. The van der Waals surface area contributed by atoms with Crippen LogP contribution in [0, 0.1) is 6.92 Å². The molecule has 0 unspecified atom stereocenters. The SMILES string of the molecule is CCOC(=O)[C@@H](N)Cc1ccc(O)c(C)c1. The van der Waals surface area contributed by atoms with E-state index in [9.17, 15) is 9.90 Å². The van der Waals surface area contributed by atoms with Gasteiger partial charge in [0.25, 0.3) is 0 Å². The van der Waals surface area contributed by atoms with E-state index in [1.54, 1.807) is 26.0 Å². The molecule has 0 spiro atoms. The highest BCUT2D eigenvalue weighted by Crippen LogP contribution is 2.17. The number of hydrogen-bond donors (Lipinski definition) is 2. The van der Waals surface area contributed by atoms with Gasteiger partial charge in [0, 0.05) is 0 Å². The molecule has 0 saturated heterocycles. The Bertz CT molecular complexity index is 377. The van der Waals surface area contributed by atoms with Crippen LogP contribution in [0.25, 0.3) is 0 Å². The second-order valence-corrected chi connectivity index (χ2v) is 3.68. The standard InChI is InChI=1S/C12H17NO3/c1-3-16-12(15)10(13)7-9-4-5-11(14)8(2)6-9/h4-6,10,14H,3,7,13H2,1-2H3/t10-/m0/s1. The first-order valence-electron chi connectivity index (χ1n) is 5.25. The lowest BCUT2D eigenvalue weighted by atomic mass is 10.0.